The second-order valence-electron chi connectivity index (χ2n) is 6.46. The molecule has 0 radical (unpaired) electrons. The van der Waals surface area contributed by atoms with Gasteiger partial charge in [0.05, 0.1) is 6.42 Å². The number of hydrogen-bond donors (Lipinski definition) is 2. The predicted octanol–water partition coefficient (Wildman–Crippen LogP) is 2.41. The number of rotatable bonds is 2. The van der Waals surface area contributed by atoms with Gasteiger partial charge in [0.2, 0.25) is 0 Å². The number of amidine groups is 1. The van der Waals surface area contributed by atoms with Gasteiger partial charge in [-0.25, -0.2) is 4.79 Å². The van der Waals surface area contributed by atoms with Crippen LogP contribution < -0.4 is 10.7 Å². The molecule has 1 aliphatic carbocycles. The summed E-state index contributed by atoms with van der Waals surface area (Å²) in [6, 6.07) is 10.6. The lowest BCUT2D eigenvalue weighted by molar-refractivity contribution is -0.126. The molecule has 0 unspecified atom stereocenters. The number of carbonyl (C=O) groups excluding carboxylic acids is 1. The molecule has 2 fully saturated rings. The molecule has 0 bridgehead atoms. The van der Waals surface area contributed by atoms with Gasteiger partial charge in [0.15, 0.2) is 0 Å². The fraction of sp³-hybridized carbons (Fsp3) is 0.556. The Bertz CT molecular complexity index is 520. The molecule has 3 rings (SSSR count). The maximum absolute atomic E-state index is 12.7. The number of nitrogens with zero attached hydrogens (tertiary/aromatic N) is 1. The zero-order chi connectivity index (χ0) is 15.4. The molecule has 3 N–H and O–H groups in total. The number of nitrogens with one attached hydrogen (secondary N) is 1. The zero-order valence-electron chi connectivity index (χ0n) is 13.1. The van der Waals surface area contributed by atoms with Crippen molar-refractivity contribution >= 4 is 11.9 Å². The molecule has 2 aliphatic rings. The lowest BCUT2D eigenvalue weighted by atomic mass is 10.0. The van der Waals surface area contributed by atoms with E-state index in [0.717, 1.165) is 25.7 Å². The molecule has 1 aromatic rings. The van der Waals surface area contributed by atoms with E-state index in [1.54, 1.807) is 4.90 Å². The van der Waals surface area contributed by atoms with E-state index in [0.29, 0.717) is 11.9 Å². The second-order valence-corrected chi connectivity index (χ2v) is 6.46. The smallest absolute Gasteiger partial charge is 0.315 e. The van der Waals surface area contributed by atoms with Crippen LogP contribution in [0.1, 0.15) is 63.0 Å². The first kappa shape index (κ1) is 15.1. The Labute approximate surface area is 132 Å². The Hall–Kier alpha value is -1.84. The van der Waals surface area contributed by atoms with E-state index < -0.39 is 0 Å². The highest BCUT2D eigenvalue weighted by molar-refractivity contribution is 5.96. The summed E-state index contributed by atoms with van der Waals surface area (Å²) in [7, 11) is 0. The highest BCUT2D eigenvalue weighted by Crippen LogP contribution is 2.32. The van der Waals surface area contributed by atoms with Crippen LogP contribution >= 0.6 is 0 Å². The Morgan fingerprint density at radius 1 is 1.05 bits per heavy atom. The van der Waals surface area contributed by atoms with Crippen molar-refractivity contribution in [3.8, 4) is 0 Å². The van der Waals surface area contributed by atoms with Gasteiger partial charge in [-0.3, -0.25) is 5.41 Å². The van der Waals surface area contributed by atoms with E-state index in [2.05, 4.69) is 17.4 Å². The molecule has 1 heterocycles. The van der Waals surface area contributed by atoms with Crippen molar-refractivity contribution < 1.29 is 10.2 Å². The zero-order valence-corrected chi connectivity index (χ0v) is 13.1. The third kappa shape index (κ3) is 3.32. The van der Waals surface area contributed by atoms with Gasteiger partial charge in [-0.2, -0.15) is 4.90 Å². The molecule has 1 atom stereocenters. The van der Waals surface area contributed by atoms with Gasteiger partial charge in [0.25, 0.3) is 5.84 Å². The monoisotopic (exact) mass is 300 g/mol. The van der Waals surface area contributed by atoms with Crippen molar-refractivity contribution in [2.75, 3.05) is 0 Å². The molecule has 118 valence electrons. The van der Waals surface area contributed by atoms with Crippen molar-refractivity contribution in [3.05, 3.63) is 35.9 Å². The van der Waals surface area contributed by atoms with Crippen LogP contribution in [0.25, 0.3) is 0 Å². The molecular weight excluding hydrogens is 274 g/mol. The van der Waals surface area contributed by atoms with Crippen LogP contribution in [0.15, 0.2) is 30.3 Å². The number of nitrogens with two attached hydrogens (primary N) is 1. The predicted molar refractivity (Wildman–Crippen MR) is 87.2 cm³/mol. The number of amides is 2. The third-order valence-electron chi connectivity index (χ3n) is 4.88. The molecule has 0 spiro atoms. The van der Waals surface area contributed by atoms with E-state index >= 15 is 0 Å². The maximum Gasteiger partial charge on any atom is 0.409 e. The number of hydrogen-bond acceptors (Lipinski definition) is 1. The van der Waals surface area contributed by atoms with Crippen molar-refractivity contribution in [1.29, 1.82) is 0 Å². The van der Waals surface area contributed by atoms with E-state index in [1.165, 1.54) is 31.2 Å². The number of benzene rings is 1. The highest BCUT2D eigenvalue weighted by atomic mass is 16.2. The van der Waals surface area contributed by atoms with Gasteiger partial charge in [-0.05, 0) is 18.4 Å². The molecule has 1 aliphatic heterocycles. The first-order valence-corrected chi connectivity index (χ1v) is 8.51. The van der Waals surface area contributed by atoms with E-state index in [1.807, 2.05) is 18.2 Å². The van der Waals surface area contributed by atoms with Gasteiger partial charge < -0.3 is 5.32 Å². The van der Waals surface area contributed by atoms with Crippen molar-refractivity contribution in [3.63, 3.8) is 0 Å². The molecule has 1 saturated carbocycles. The van der Waals surface area contributed by atoms with Gasteiger partial charge in [-0.1, -0.05) is 56.0 Å². The SMILES string of the molecule is [NH2+]=C1CC[C@@H](c2ccccc2)N1C(=O)NC1CCCCCC1. The minimum atomic E-state index is -0.0178. The molecule has 0 aromatic heterocycles. The van der Waals surface area contributed by atoms with E-state index in [9.17, 15) is 4.79 Å². The summed E-state index contributed by atoms with van der Waals surface area (Å²) in [5, 5.41) is 9.34. The average Bonchev–Trinajstić information content (AvgIpc) is 2.75. The summed E-state index contributed by atoms with van der Waals surface area (Å²) >= 11 is 0. The lowest BCUT2D eigenvalue weighted by Crippen LogP contribution is -2.54. The quantitative estimate of drug-likeness (QED) is 0.810. The summed E-state index contributed by atoms with van der Waals surface area (Å²) in [6.07, 6.45) is 8.89. The summed E-state index contributed by atoms with van der Waals surface area (Å²) in [6.45, 7) is 0. The van der Waals surface area contributed by atoms with Gasteiger partial charge in [-0.15, -0.1) is 0 Å². The normalized spacial score (nSPS) is 23.4. The second kappa shape index (κ2) is 6.95. The van der Waals surface area contributed by atoms with Crippen LogP contribution in [0.4, 0.5) is 4.79 Å². The van der Waals surface area contributed by atoms with Crippen LogP contribution in [0.5, 0.6) is 0 Å². The Morgan fingerprint density at radius 2 is 1.73 bits per heavy atom. The van der Waals surface area contributed by atoms with E-state index in [-0.39, 0.29) is 12.1 Å². The molecule has 22 heavy (non-hydrogen) atoms. The lowest BCUT2D eigenvalue weighted by Gasteiger charge is -2.22. The summed E-state index contributed by atoms with van der Waals surface area (Å²) in [5.74, 6) is 0.694. The summed E-state index contributed by atoms with van der Waals surface area (Å²) in [4.78, 5) is 14.5. The number of urea groups is 1. The van der Waals surface area contributed by atoms with Crippen LogP contribution in [0.3, 0.4) is 0 Å². The molecule has 1 aromatic carbocycles. The number of carbonyl (C=O) groups is 1. The Balaban J connectivity index is 1.70. The van der Waals surface area contributed by atoms with Crippen LogP contribution in [0.2, 0.25) is 0 Å². The molecule has 4 nitrogen and oxygen atoms in total. The minimum Gasteiger partial charge on any atom is -0.315 e. The first-order valence-electron chi connectivity index (χ1n) is 8.51. The van der Waals surface area contributed by atoms with Crippen LogP contribution in [-0.4, -0.2) is 22.8 Å². The van der Waals surface area contributed by atoms with Gasteiger partial charge in [0, 0.05) is 12.5 Å². The fourth-order valence-electron chi connectivity index (χ4n) is 3.67. The molecular formula is C18H26N3O+. The fourth-order valence-corrected chi connectivity index (χ4v) is 3.67. The minimum absolute atomic E-state index is 0.0178. The summed E-state index contributed by atoms with van der Waals surface area (Å²) < 4.78 is 0. The van der Waals surface area contributed by atoms with Gasteiger partial charge >= 0.3 is 6.03 Å². The standard InChI is InChI=1S/C18H25N3O/c19-17-13-12-16(14-8-4-3-5-9-14)21(17)18(22)20-15-10-6-1-2-7-11-15/h3-5,8-9,15-16,19H,1-2,6-7,10-13H2,(H,20,22)/p+1/t16-/m0/s1. The molecule has 2 amide bonds. The van der Waals surface area contributed by atoms with Crippen molar-refractivity contribution in [2.45, 2.75) is 63.5 Å². The average molecular weight is 300 g/mol. The van der Waals surface area contributed by atoms with Crippen LogP contribution in [0, 0.1) is 0 Å². The Kier molecular flexibility index (Phi) is 4.76. The van der Waals surface area contributed by atoms with Crippen LogP contribution in [-0.2, 0) is 0 Å². The first-order chi connectivity index (χ1) is 10.8. The molecule has 1 saturated heterocycles. The maximum atomic E-state index is 12.7. The highest BCUT2D eigenvalue weighted by Gasteiger charge is 2.42. The topological polar surface area (TPSA) is 57.9 Å². The van der Waals surface area contributed by atoms with Gasteiger partial charge in [0.1, 0.15) is 6.04 Å². The van der Waals surface area contributed by atoms with E-state index in [4.69, 9.17) is 5.41 Å². The molecule has 4 heteroatoms. The number of likely N-dealkylation sites (tertiary alicyclic amines) is 1. The van der Waals surface area contributed by atoms with Crippen molar-refractivity contribution in [2.24, 2.45) is 0 Å². The Morgan fingerprint density at radius 3 is 2.41 bits per heavy atom. The largest absolute Gasteiger partial charge is 0.409 e. The summed E-state index contributed by atoms with van der Waals surface area (Å²) in [5.41, 5.74) is 1.17. The van der Waals surface area contributed by atoms with Crippen molar-refractivity contribution in [1.82, 2.24) is 10.2 Å². The third-order valence-corrected chi connectivity index (χ3v) is 4.88.